The van der Waals surface area contributed by atoms with E-state index >= 15 is 0 Å². The Morgan fingerprint density at radius 2 is 2.05 bits per heavy atom. The molecule has 7 nitrogen and oxygen atoms in total. The molecule has 0 amide bonds. The van der Waals surface area contributed by atoms with Crippen LogP contribution >= 0.6 is 12.4 Å². The van der Waals surface area contributed by atoms with Crippen LogP contribution in [0.1, 0.15) is 18.9 Å². The van der Waals surface area contributed by atoms with Gasteiger partial charge in [0.1, 0.15) is 5.82 Å². The molecule has 120 valence electrons. The fourth-order valence-corrected chi connectivity index (χ4v) is 2.57. The average Bonchev–Trinajstić information content (AvgIpc) is 2.31. The van der Waals surface area contributed by atoms with Crippen molar-refractivity contribution < 1.29 is 17.7 Å². The number of sulfonamides is 1. The zero-order valence-electron chi connectivity index (χ0n) is 11.5. The van der Waals surface area contributed by atoms with Crippen molar-refractivity contribution in [2.75, 3.05) is 6.54 Å². The van der Waals surface area contributed by atoms with E-state index in [1.807, 2.05) is 0 Å². The molecule has 0 radical (unpaired) electrons. The highest BCUT2D eigenvalue weighted by Gasteiger charge is 2.22. The van der Waals surface area contributed by atoms with Crippen molar-refractivity contribution in [3.05, 3.63) is 33.6 Å². The number of hydrogen-bond acceptors (Lipinski definition) is 5. The summed E-state index contributed by atoms with van der Waals surface area (Å²) in [5.41, 5.74) is 4.71. The molecule has 0 aromatic heterocycles. The quantitative estimate of drug-likeness (QED) is 0.600. The Hall–Kier alpha value is -1.29. The van der Waals surface area contributed by atoms with Gasteiger partial charge in [0.05, 0.1) is 15.4 Å². The second-order valence-corrected chi connectivity index (χ2v) is 6.24. The van der Waals surface area contributed by atoms with Crippen molar-refractivity contribution in [3.8, 4) is 0 Å². The molecular weight excluding hydrogens is 325 g/mol. The minimum Gasteiger partial charge on any atom is -0.328 e. The summed E-state index contributed by atoms with van der Waals surface area (Å²) in [6.07, 6.45) is 0.398. The van der Waals surface area contributed by atoms with Gasteiger partial charge in [0.15, 0.2) is 0 Å². The van der Waals surface area contributed by atoms with Gasteiger partial charge in [-0.1, -0.05) is 0 Å². The molecule has 0 bridgehead atoms. The highest BCUT2D eigenvalue weighted by molar-refractivity contribution is 7.89. The van der Waals surface area contributed by atoms with E-state index in [-0.39, 0.29) is 30.6 Å². The lowest BCUT2D eigenvalue weighted by molar-refractivity contribution is -0.385. The number of nitrogens with zero attached hydrogens (tertiary/aromatic N) is 1. The summed E-state index contributed by atoms with van der Waals surface area (Å²) in [7, 11) is -4.00. The number of rotatable bonds is 6. The van der Waals surface area contributed by atoms with E-state index in [2.05, 4.69) is 4.72 Å². The third kappa shape index (κ3) is 5.20. The molecule has 0 spiro atoms. The normalized spacial score (nSPS) is 12.6. The number of halogens is 2. The van der Waals surface area contributed by atoms with Crippen LogP contribution in [0, 0.1) is 22.9 Å². The third-order valence-corrected chi connectivity index (χ3v) is 4.13. The van der Waals surface area contributed by atoms with Crippen LogP contribution < -0.4 is 10.5 Å². The van der Waals surface area contributed by atoms with Crippen LogP contribution in [0.25, 0.3) is 0 Å². The summed E-state index contributed by atoms with van der Waals surface area (Å²) >= 11 is 0. The Morgan fingerprint density at radius 1 is 1.48 bits per heavy atom. The van der Waals surface area contributed by atoms with Crippen molar-refractivity contribution in [3.63, 3.8) is 0 Å². The van der Waals surface area contributed by atoms with Crippen LogP contribution in [0.4, 0.5) is 10.1 Å². The number of nitrogens with two attached hydrogens (primary N) is 1. The first kappa shape index (κ1) is 19.7. The van der Waals surface area contributed by atoms with Gasteiger partial charge in [-0.25, -0.2) is 17.5 Å². The van der Waals surface area contributed by atoms with E-state index in [9.17, 15) is 22.9 Å². The Bertz CT molecular complexity index is 622. The predicted octanol–water partition coefficient (Wildman–Crippen LogP) is 1.48. The monoisotopic (exact) mass is 341 g/mol. The molecule has 0 heterocycles. The van der Waals surface area contributed by atoms with Crippen molar-refractivity contribution in [2.45, 2.75) is 31.2 Å². The number of nitro benzene ring substituents is 1. The van der Waals surface area contributed by atoms with Crippen LogP contribution in [0.2, 0.25) is 0 Å². The lowest BCUT2D eigenvalue weighted by Gasteiger charge is -2.09. The van der Waals surface area contributed by atoms with Gasteiger partial charge in [0, 0.05) is 18.7 Å². The van der Waals surface area contributed by atoms with E-state index in [4.69, 9.17) is 5.73 Å². The summed E-state index contributed by atoms with van der Waals surface area (Å²) in [4.78, 5) is 9.47. The number of nitro groups is 1. The first-order chi connectivity index (χ1) is 9.15. The van der Waals surface area contributed by atoms with Crippen molar-refractivity contribution >= 4 is 28.1 Å². The van der Waals surface area contributed by atoms with Gasteiger partial charge in [-0.15, -0.1) is 12.4 Å². The van der Waals surface area contributed by atoms with E-state index in [1.54, 1.807) is 6.92 Å². The number of hydrogen-bond donors (Lipinski definition) is 2. The molecule has 1 aromatic carbocycles. The zero-order chi connectivity index (χ0) is 15.5. The summed E-state index contributed by atoms with van der Waals surface area (Å²) in [5.74, 6) is -0.938. The molecule has 10 heteroatoms. The maximum atomic E-state index is 13.6. The smallest absolute Gasteiger partial charge is 0.276 e. The molecule has 0 saturated carbocycles. The average molecular weight is 342 g/mol. The lowest BCUT2D eigenvalue weighted by Crippen LogP contribution is -2.29. The third-order valence-electron chi connectivity index (χ3n) is 2.69. The van der Waals surface area contributed by atoms with Gasteiger partial charge in [-0.3, -0.25) is 10.1 Å². The first-order valence-corrected chi connectivity index (χ1v) is 7.33. The van der Waals surface area contributed by atoms with Crippen LogP contribution in [-0.2, 0) is 10.0 Å². The van der Waals surface area contributed by atoms with Crippen molar-refractivity contribution in [2.24, 2.45) is 5.73 Å². The summed E-state index contributed by atoms with van der Waals surface area (Å²) in [6, 6.07) is 1.41. The zero-order valence-corrected chi connectivity index (χ0v) is 13.1. The standard InChI is InChI=1S/C11H16FN3O4S.ClH/c1-7(13)3-4-14-20(18,19)9-5-10(12)8(2)11(6-9)15(16)17;/h5-7,14H,3-4,13H2,1-2H3;1H. The number of nitrogens with one attached hydrogen (secondary N) is 1. The molecule has 0 aliphatic carbocycles. The topological polar surface area (TPSA) is 115 Å². The molecule has 21 heavy (non-hydrogen) atoms. The molecular formula is C11H17ClFN3O4S. The lowest BCUT2D eigenvalue weighted by atomic mass is 10.2. The molecule has 3 N–H and O–H groups in total. The SMILES string of the molecule is Cc1c(F)cc(S(=O)(=O)NCCC(C)N)cc1[N+](=O)[O-].Cl. The summed E-state index contributed by atoms with van der Waals surface area (Å²) in [6.45, 7) is 3.00. The molecule has 1 aromatic rings. The minimum atomic E-state index is -4.00. The summed E-state index contributed by atoms with van der Waals surface area (Å²) < 4.78 is 39.6. The van der Waals surface area contributed by atoms with E-state index in [0.29, 0.717) is 6.42 Å². The Kier molecular flexibility index (Phi) is 7.17. The molecule has 0 aliphatic heterocycles. The fourth-order valence-electron chi connectivity index (χ4n) is 1.49. The van der Waals surface area contributed by atoms with Gasteiger partial charge in [-0.05, 0) is 26.3 Å². The van der Waals surface area contributed by atoms with Crippen LogP contribution in [0.3, 0.4) is 0 Å². The number of benzene rings is 1. The molecule has 0 saturated heterocycles. The Balaban J connectivity index is 0.00000400. The molecule has 0 fully saturated rings. The maximum Gasteiger partial charge on any atom is 0.276 e. The van der Waals surface area contributed by atoms with E-state index in [1.165, 1.54) is 6.92 Å². The maximum absolute atomic E-state index is 13.6. The second kappa shape index (κ2) is 7.64. The largest absolute Gasteiger partial charge is 0.328 e. The highest BCUT2D eigenvalue weighted by Crippen LogP contribution is 2.25. The van der Waals surface area contributed by atoms with Crippen LogP contribution in [0.15, 0.2) is 17.0 Å². The van der Waals surface area contributed by atoms with Gasteiger partial charge in [-0.2, -0.15) is 0 Å². The molecule has 1 unspecified atom stereocenters. The van der Waals surface area contributed by atoms with E-state index in [0.717, 1.165) is 12.1 Å². The molecule has 0 aliphatic rings. The van der Waals surface area contributed by atoms with Crippen LogP contribution in [-0.4, -0.2) is 25.9 Å². The van der Waals surface area contributed by atoms with Gasteiger partial charge < -0.3 is 5.73 Å². The molecule has 1 rings (SSSR count). The van der Waals surface area contributed by atoms with Crippen molar-refractivity contribution in [1.29, 1.82) is 0 Å². The highest BCUT2D eigenvalue weighted by atomic mass is 35.5. The first-order valence-electron chi connectivity index (χ1n) is 5.85. The fraction of sp³-hybridized carbons (Fsp3) is 0.455. The minimum absolute atomic E-state index is 0. The van der Waals surface area contributed by atoms with Crippen LogP contribution in [0.5, 0.6) is 0 Å². The van der Waals surface area contributed by atoms with Crippen molar-refractivity contribution in [1.82, 2.24) is 4.72 Å². The van der Waals surface area contributed by atoms with Gasteiger partial charge >= 0.3 is 0 Å². The Morgan fingerprint density at radius 3 is 2.52 bits per heavy atom. The summed E-state index contributed by atoms with van der Waals surface area (Å²) in [5, 5.41) is 10.8. The van der Waals surface area contributed by atoms with E-state index < -0.39 is 31.3 Å². The molecule has 1 atom stereocenters. The van der Waals surface area contributed by atoms with Gasteiger partial charge in [0.2, 0.25) is 10.0 Å². The van der Waals surface area contributed by atoms with Gasteiger partial charge in [0.25, 0.3) is 5.69 Å². The Labute approximate surface area is 128 Å². The predicted molar refractivity (Wildman–Crippen MR) is 78.5 cm³/mol. The second-order valence-electron chi connectivity index (χ2n) is 4.47.